The molecule has 0 aromatic carbocycles. The summed E-state index contributed by atoms with van der Waals surface area (Å²) in [4.78, 5) is 8.90. The number of aryl methyl sites for hydroxylation is 1. The lowest BCUT2D eigenvalue weighted by Gasteiger charge is -2.16. The lowest BCUT2D eigenvalue weighted by Crippen LogP contribution is -2.18. The van der Waals surface area contributed by atoms with E-state index in [0.29, 0.717) is 12.1 Å². The number of nitrogens with one attached hydrogen (secondary N) is 2. The summed E-state index contributed by atoms with van der Waals surface area (Å²) in [6.07, 6.45) is 6.28. The minimum atomic E-state index is 0.443. The van der Waals surface area contributed by atoms with Gasteiger partial charge in [-0.05, 0) is 33.1 Å². The van der Waals surface area contributed by atoms with Gasteiger partial charge in [0, 0.05) is 18.2 Å². The quantitative estimate of drug-likeness (QED) is 0.839. The Kier molecular flexibility index (Phi) is 4.39. The lowest BCUT2D eigenvalue weighted by atomic mass is 10.2. The minimum Gasteiger partial charge on any atom is -0.367 e. The molecule has 1 saturated carbocycles. The van der Waals surface area contributed by atoms with Crippen LogP contribution in [0.25, 0.3) is 0 Å². The van der Waals surface area contributed by atoms with E-state index in [1.807, 2.05) is 13.0 Å². The van der Waals surface area contributed by atoms with E-state index in [1.54, 1.807) is 0 Å². The van der Waals surface area contributed by atoms with E-state index in [1.165, 1.54) is 25.7 Å². The molecule has 4 heteroatoms. The van der Waals surface area contributed by atoms with Crippen molar-refractivity contribution in [2.24, 2.45) is 0 Å². The first-order chi connectivity index (χ1) is 8.67. The van der Waals surface area contributed by atoms with Crippen molar-refractivity contribution < 1.29 is 0 Å². The molecule has 0 spiro atoms. The number of hydrogen-bond acceptors (Lipinski definition) is 4. The summed E-state index contributed by atoms with van der Waals surface area (Å²) in [5, 5.41) is 6.93. The molecule has 1 aromatic rings. The highest BCUT2D eigenvalue weighted by atomic mass is 15.1. The molecule has 0 aliphatic heterocycles. The Hall–Kier alpha value is -1.32. The second kappa shape index (κ2) is 6.03. The fraction of sp³-hybridized carbons (Fsp3) is 0.714. The average Bonchev–Trinajstić information content (AvgIpc) is 2.80. The maximum absolute atomic E-state index is 4.47. The van der Waals surface area contributed by atoms with Crippen molar-refractivity contribution in [2.75, 3.05) is 10.6 Å². The standard InChI is InChI=1S/C14H24N4/c1-4-10(2)15-13-9-14(17-11(3)16-13)18-12-7-5-6-8-12/h9-10,12H,4-8H2,1-3H3,(H2,15,16,17,18). The summed E-state index contributed by atoms with van der Waals surface area (Å²) in [7, 11) is 0. The molecular formula is C14H24N4. The highest BCUT2D eigenvalue weighted by Gasteiger charge is 2.15. The zero-order valence-corrected chi connectivity index (χ0v) is 11.7. The summed E-state index contributed by atoms with van der Waals surface area (Å²) in [5.41, 5.74) is 0. The van der Waals surface area contributed by atoms with Crippen LogP contribution >= 0.6 is 0 Å². The topological polar surface area (TPSA) is 49.8 Å². The van der Waals surface area contributed by atoms with Gasteiger partial charge >= 0.3 is 0 Å². The van der Waals surface area contributed by atoms with Crippen molar-refractivity contribution in [1.82, 2.24) is 9.97 Å². The van der Waals surface area contributed by atoms with Crippen molar-refractivity contribution in [2.45, 2.75) is 65.0 Å². The van der Waals surface area contributed by atoms with Gasteiger partial charge in [0.2, 0.25) is 0 Å². The molecule has 100 valence electrons. The highest BCUT2D eigenvalue weighted by molar-refractivity contribution is 5.48. The van der Waals surface area contributed by atoms with Crippen LogP contribution in [-0.4, -0.2) is 22.1 Å². The predicted octanol–water partition coefficient (Wildman–Crippen LogP) is 3.35. The van der Waals surface area contributed by atoms with Crippen molar-refractivity contribution in [3.05, 3.63) is 11.9 Å². The van der Waals surface area contributed by atoms with Crippen molar-refractivity contribution in [3.8, 4) is 0 Å². The molecule has 2 N–H and O–H groups in total. The molecular weight excluding hydrogens is 224 g/mol. The molecule has 1 fully saturated rings. The molecule has 0 bridgehead atoms. The molecule has 1 aliphatic rings. The van der Waals surface area contributed by atoms with Crippen molar-refractivity contribution in [1.29, 1.82) is 0 Å². The van der Waals surface area contributed by atoms with Gasteiger partial charge < -0.3 is 10.6 Å². The molecule has 0 radical (unpaired) electrons. The first kappa shape index (κ1) is 13.1. The molecule has 0 amide bonds. The van der Waals surface area contributed by atoms with Gasteiger partial charge in [0.15, 0.2) is 0 Å². The van der Waals surface area contributed by atoms with Gasteiger partial charge in [-0.2, -0.15) is 0 Å². The maximum Gasteiger partial charge on any atom is 0.132 e. The predicted molar refractivity (Wildman–Crippen MR) is 76.0 cm³/mol. The summed E-state index contributed by atoms with van der Waals surface area (Å²) in [6.45, 7) is 6.28. The summed E-state index contributed by atoms with van der Waals surface area (Å²) >= 11 is 0. The van der Waals surface area contributed by atoms with Gasteiger partial charge in [-0.1, -0.05) is 19.8 Å². The second-order valence-corrected chi connectivity index (χ2v) is 5.26. The Bertz CT molecular complexity index is 385. The molecule has 1 unspecified atom stereocenters. The monoisotopic (exact) mass is 248 g/mol. The molecule has 2 rings (SSSR count). The molecule has 1 aromatic heterocycles. The van der Waals surface area contributed by atoms with E-state index in [2.05, 4.69) is 34.4 Å². The third-order valence-corrected chi connectivity index (χ3v) is 3.55. The average molecular weight is 248 g/mol. The van der Waals surface area contributed by atoms with E-state index in [-0.39, 0.29) is 0 Å². The highest BCUT2D eigenvalue weighted by Crippen LogP contribution is 2.22. The second-order valence-electron chi connectivity index (χ2n) is 5.26. The van der Waals surface area contributed by atoms with Crippen LogP contribution in [0.15, 0.2) is 6.07 Å². The zero-order valence-electron chi connectivity index (χ0n) is 11.7. The van der Waals surface area contributed by atoms with E-state index in [9.17, 15) is 0 Å². The first-order valence-electron chi connectivity index (χ1n) is 7.06. The van der Waals surface area contributed by atoms with Gasteiger partial charge in [0.1, 0.15) is 17.5 Å². The van der Waals surface area contributed by atoms with E-state index >= 15 is 0 Å². The van der Waals surface area contributed by atoms with Gasteiger partial charge in [-0.25, -0.2) is 9.97 Å². The summed E-state index contributed by atoms with van der Waals surface area (Å²) in [5.74, 6) is 2.71. The Balaban J connectivity index is 2.05. The largest absolute Gasteiger partial charge is 0.367 e. The fourth-order valence-electron chi connectivity index (χ4n) is 2.35. The normalized spacial score (nSPS) is 17.7. The molecule has 4 nitrogen and oxygen atoms in total. The van der Waals surface area contributed by atoms with Gasteiger partial charge in [-0.15, -0.1) is 0 Å². The lowest BCUT2D eigenvalue weighted by molar-refractivity contribution is 0.744. The Morgan fingerprint density at radius 1 is 1.28 bits per heavy atom. The fourth-order valence-corrected chi connectivity index (χ4v) is 2.35. The van der Waals surface area contributed by atoms with Gasteiger partial charge in [-0.3, -0.25) is 0 Å². The SMILES string of the molecule is CCC(C)Nc1cc(NC2CCCC2)nc(C)n1. The van der Waals surface area contributed by atoms with E-state index < -0.39 is 0 Å². The molecule has 1 heterocycles. The van der Waals surface area contributed by atoms with Crippen LogP contribution in [0.3, 0.4) is 0 Å². The first-order valence-corrected chi connectivity index (χ1v) is 7.06. The molecule has 0 saturated heterocycles. The molecule has 1 aliphatic carbocycles. The number of aromatic nitrogens is 2. The van der Waals surface area contributed by atoms with Crippen LogP contribution in [0, 0.1) is 6.92 Å². The van der Waals surface area contributed by atoms with Gasteiger partial charge in [0.05, 0.1) is 0 Å². The van der Waals surface area contributed by atoms with Crippen LogP contribution in [0.2, 0.25) is 0 Å². The smallest absolute Gasteiger partial charge is 0.132 e. The van der Waals surface area contributed by atoms with Crippen LogP contribution in [0.5, 0.6) is 0 Å². The Morgan fingerprint density at radius 3 is 2.61 bits per heavy atom. The third kappa shape index (κ3) is 3.59. The summed E-state index contributed by atoms with van der Waals surface area (Å²) in [6, 6.07) is 3.06. The number of rotatable bonds is 5. The molecule has 1 atom stereocenters. The maximum atomic E-state index is 4.47. The minimum absolute atomic E-state index is 0.443. The van der Waals surface area contributed by atoms with Gasteiger partial charge in [0.25, 0.3) is 0 Å². The third-order valence-electron chi connectivity index (χ3n) is 3.55. The zero-order chi connectivity index (χ0) is 13.0. The Labute approximate surface area is 110 Å². The molecule has 18 heavy (non-hydrogen) atoms. The van der Waals surface area contributed by atoms with Crippen molar-refractivity contribution >= 4 is 11.6 Å². The van der Waals surface area contributed by atoms with Crippen molar-refractivity contribution in [3.63, 3.8) is 0 Å². The summed E-state index contributed by atoms with van der Waals surface area (Å²) < 4.78 is 0. The van der Waals surface area contributed by atoms with Crippen LogP contribution in [0.1, 0.15) is 51.8 Å². The van der Waals surface area contributed by atoms with Crippen LogP contribution in [-0.2, 0) is 0 Å². The number of anilines is 2. The van der Waals surface area contributed by atoms with Crippen LogP contribution in [0.4, 0.5) is 11.6 Å². The van der Waals surface area contributed by atoms with E-state index in [0.717, 1.165) is 23.9 Å². The van der Waals surface area contributed by atoms with E-state index in [4.69, 9.17) is 0 Å². The Morgan fingerprint density at radius 2 is 1.94 bits per heavy atom. The van der Waals surface area contributed by atoms with Crippen LogP contribution < -0.4 is 10.6 Å². The number of nitrogens with zero attached hydrogens (tertiary/aromatic N) is 2. The number of hydrogen-bond donors (Lipinski definition) is 2.